The highest BCUT2D eigenvalue weighted by molar-refractivity contribution is 5.92. The Balaban J connectivity index is 2.32. The molecular weight excluding hydrogens is 247 g/mol. The zero-order chi connectivity index (χ0) is 14.3. The number of carbonyl (C=O) groups excluding carboxylic acids is 1. The second-order valence-corrected chi connectivity index (χ2v) is 4.85. The Bertz CT molecular complexity index is 422. The maximum absolute atomic E-state index is 12.9. The van der Waals surface area contributed by atoms with Crippen LogP contribution in [0.3, 0.4) is 0 Å². The smallest absolute Gasteiger partial charge is 0.238 e. The molecule has 5 heteroatoms. The van der Waals surface area contributed by atoms with Crippen molar-refractivity contribution < 1.29 is 13.9 Å². The van der Waals surface area contributed by atoms with Crippen molar-refractivity contribution in [3.05, 3.63) is 30.1 Å². The third-order valence-electron chi connectivity index (χ3n) is 2.48. The molecule has 106 valence electrons. The standard InChI is InChI=1S/C14H21FN2O2/c1-4-19-14(2,3)10-16-9-13(18)17-12-7-5-6-11(15)8-12/h5-8,16H,4,9-10H2,1-3H3,(H,17,18). The van der Waals surface area contributed by atoms with E-state index in [4.69, 9.17) is 4.74 Å². The highest BCUT2D eigenvalue weighted by Gasteiger charge is 2.17. The molecule has 0 saturated heterocycles. The summed E-state index contributed by atoms with van der Waals surface area (Å²) in [5.41, 5.74) is 0.143. The van der Waals surface area contributed by atoms with Gasteiger partial charge in [-0.25, -0.2) is 4.39 Å². The number of amides is 1. The van der Waals surface area contributed by atoms with E-state index in [0.29, 0.717) is 18.8 Å². The molecule has 0 aromatic heterocycles. The number of nitrogens with one attached hydrogen (secondary N) is 2. The van der Waals surface area contributed by atoms with Gasteiger partial charge in [-0.2, -0.15) is 0 Å². The molecule has 1 aromatic rings. The maximum Gasteiger partial charge on any atom is 0.238 e. The molecule has 0 spiro atoms. The van der Waals surface area contributed by atoms with Crippen LogP contribution in [0.5, 0.6) is 0 Å². The average molecular weight is 268 g/mol. The summed E-state index contributed by atoms with van der Waals surface area (Å²) in [6.45, 7) is 7.19. The van der Waals surface area contributed by atoms with Gasteiger partial charge in [0.25, 0.3) is 0 Å². The number of ether oxygens (including phenoxy) is 1. The van der Waals surface area contributed by atoms with Gasteiger partial charge in [0, 0.05) is 18.8 Å². The minimum atomic E-state index is -0.372. The van der Waals surface area contributed by atoms with E-state index in [1.54, 1.807) is 12.1 Å². The summed E-state index contributed by atoms with van der Waals surface area (Å²) in [7, 11) is 0. The molecule has 0 bridgehead atoms. The van der Waals surface area contributed by atoms with Crippen LogP contribution in [-0.4, -0.2) is 31.2 Å². The third-order valence-corrected chi connectivity index (χ3v) is 2.48. The lowest BCUT2D eigenvalue weighted by Gasteiger charge is -2.24. The molecule has 0 aliphatic rings. The molecule has 0 atom stereocenters. The number of rotatable bonds is 7. The summed E-state index contributed by atoms with van der Waals surface area (Å²) in [5.74, 6) is -0.582. The molecule has 0 aliphatic carbocycles. The van der Waals surface area contributed by atoms with Crippen molar-refractivity contribution in [2.75, 3.05) is 25.0 Å². The van der Waals surface area contributed by atoms with Crippen LogP contribution in [-0.2, 0) is 9.53 Å². The number of anilines is 1. The Kier molecular flexibility index (Phi) is 5.92. The summed E-state index contributed by atoms with van der Waals surface area (Å²) in [6.07, 6.45) is 0. The summed E-state index contributed by atoms with van der Waals surface area (Å²) in [5, 5.41) is 5.63. The highest BCUT2D eigenvalue weighted by atomic mass is 19.1. The first-order valence-corrected chi connectivity index (χ1v) is 6.33. The fourth-order valence-corrected chi connectivity index (χ4v) is 1.69. The maximum atomic E-state index is 12.9. The van der Waals surface area contributed by atoms with E-state index in [1.807, 2.05) is 20.8 Å². The van der Waals surface area contributed by atoms with E-state index in [0.717, 1.165) is 0 Å². The van der Waals surface area contributed by atoms with Crippen molar-refractivity contribution in [2.24, 2.45) is 0 Å². The predicted molar refractivity (Wildman–Crippen MR) is 73.6 cm³/mol. The summed E-state index contributed by atoms with van der Waals surface area (Å²) in [4.78, 5) is 11.6. The molecule has 0 saturated carbocycles. The third kappa shape index (κ3) is 6.31. The van der Waals surface area contributed by atoms with E-state index in [2.05, 4.69) is 10.6 Å². The van der Waals surface area contributed by atoms with E-state index < -0.39 is 0 Å². The second-order valence-electron chi connectivity index (χ2n) is 4.85. The van der Waals surface area contributed by atoms with Gasteiger partial charge in [0.15, 0.2) is 0 Å². The fourth-order valence-electron chi connectivity index (χ4n) is 1.69. The monoisotopic (exact) mass is 268 g/mol. The summed E-state index contributed by atoms with van der Waals surface area (Å²) >= 11 is 0. The van der Waals surface area contributed by atoms with Gasteiger partial charge in [-0.1, -0.05) is 6.07 Å². The minimum Gasteiger partial charge on any atom is -0.375 e. The van der Waals surface area contributed by atoms with Crippen LogP contribution in [0, 0.1) is 5.82 Å². The molecular formula is C14H21FN2O2. The quantitative estimate of drug-likeness (QED) is 0.797. The number of benzene rings is 1. The molecule has 1 aromatic carbocycles. The van der Waals surface area contributed by atoms with Crippen molar-refractivity contribution in [1.82, 2.24) is 5.32 Å². The molecule has 19 heavy (non-hydrogen) atoms. The molecule has 0 aliphatic heterocycles. The van der Waals surface area contributed by atoms with Gasteiger partial charge in [0.2, 0.25) is 5.91 Å². The lowest BCUT2D eigenvalue weighted by molar-refractivity contribution is -0.115. The van der Waals surface area contributed by atoms with Crippen LogP contribution in [0.25, 0.3) is 0 Å². The van der Waals surface area contributed by atoms with E-state index in [1.165, 1.54) is 12.1 Å². The van der Waals surface area contributed by atoms with Gasteiger partial charge in [-0.3, -0.25) is 4.79 Å². The van der Waals surface area contributed by atoms with Gasteiger partial charge in [0.1, 0.15) is 5.82 Å². The minimum absolute atomic E-state index is 0.160. The lowest BCUT2D eigenvalue weighted by atomic mass is 10.1. The Labute approximate surface area is 113 Å². The zero-order valence-electron chi connectivity index (χ0n) is 11.6. The molecule has 0 fully saturated rings. The highest BCUT2D eigenvalue weighted by Crippen LogP contribution is 2.09. The van der Waals surface area contributed by atoms with Crippen molar-refractivity contribution >= 4 is 11.6 Å². The fraction of sp³-hybridized carbons (Fsp3) is 0.500. The number of halogens is 1. The average Bonchev–Trinajstić information content (AvgIpc) is 2.28. The van der Waals surface area contributed by atoms with Crippen molar-refractivity contribution in [2.45, 2.75) is 26.4 Å². The summed E-state index contributed by atoms with van der Waals surface area (Å²) in [6, 6.07) is 5.81. The SMILES string of the molecule is CCOC(C)(C)CNCC(=O)Nc1cccc(F)c1. The van der Waals surface area contributed by atoms with Gasteiger partial charge < -0.3 is 15.4 Å². The van der Waals surface area contributed by atoms with Gasteiger partial charge >= 0.3 is 0 Å². The molecule has 0 radical (unpaired) electrons. The molecule has 0 unspecified atom stereocenters. The van der Waals surface area contributed by atoms with Crippen molar-refractivity contribution in [3.8, 4) is 0 Å². The van der Waals surface area contributed by atoms with Gasteiger partial charge in [-0.05, 0) is 39.0 Å². The Hall–Kier alpha value is -1.46. The van der Waals surface area contributed by atoms with Crippen LogP contribution in [0.15, 0.2) is 24.3 Å². The largest absolute Gasteiger partial charge is 0.375 e. The number of carbonyl (C=O) groups is 1. The zero-order valence-corrected chi connectivity index (χ0v) is 11.6. The van der Waals surface area contributed by atoms with Crippen molar-refractivity contribution in [1.29, 1.82) is 0 Å². The van der Waals surface area contributed by atoms with E-state index in [-0.39, 0.29) is 23.9 Å². The van der Waals surface area contributed by atoms with Crippen LogP contribution in [0.1, 0.15) is 20.8 Å². The van der Waals surface area contributed by atoms with E-state index in [9.17, 15) is 9.18 Å². The topological polar surface area (TPSA) is 50.4 Å². The predicted octanol–water partition coefficient (Wildman–Crippen LogP) is 2.17. The van der Waals surface area contributed by atoms with E-state index >= 15 is 0 Å². The van der Waals surface area contributed by atoms with Crippen LogP contribution >= 0.6 is 0 Å². The second kappa shape index (κ2) is 7.21. The van der Waals surface area contributed by atoms with Gasteiger partial charge in [0.05, 0.1) is 12.1 Å². The number of hydrogen-bond acceptors (Lipinski definition) is 3. The van der Waals surface area contributed by atoms with Gasteiger partial charge in [-0.15, -0.1) is 0 Å². The molecule has 1 amide bonds. The van der Waals surface area contributed by atoms with Crippen LogP contribution in [0.2, 0.25) is 0 Å². The molecule has 2 N–H and O–H groups in total. The number of hydrogen-bond donors (Lipinski definition) is 2. The summed E-state index contributed by atoms with van der Waals surface area (Å²) < 4.78 is 18.4. The first kappa shape index (κ1) is 15.6. The van der Waals surface area contributed by atoms with Crippen LogP contribution < -0.4 is 10.6 Å². The molecule has 0 heterocycles. The molecule has 4 nitrogen and oxygen atoms in total. The van der Waals surface area contributed by atoms with Crippen molar-refractivity contribution in [3.63, 3.8) is 0 Å². The van der Waals surface area contributed by atoms with Crippen LogP contribution in [0.4, 0.5) is 10.1 Å². The Morgan fingerprint density at radius 2 is 2.16 bits per heavy atom. The first-order chi connectivity index (χ1) is 8.93. The normalized spacial score (nSPS) is 11.4. The Morgan fingerprint density at radius 1 is 1.42 bits per heavy atom. The Morgan fingerprint density at radius 3 is 2.79 bits per heavy atom. The lowest BCUT2D eigenvalue weighted by Crippen LogP contribution is -2.40. The first-order valence-electron chi connectivity index (χ1n) is 6.33. The molecule has 1 rings (SSSR count).